The van der Waals surface area contributed by atoms with Gasteiger partial charge in [-0.2, -0.15) is 8.42 Å². The normalized spacial score (nSPS) is 19.4. The molecule has 2 aliphatic heterocycles. The Labute approximate surface area is 194 Å². The number of carbonyl (C=O) groups is 1. The van der Waals surface area contributed by atoms with Gasteiger partial charge < -0.3 is 14.6 Å². The number of esters is 1. The number of hydrogen-bond donors (Lipinski definition) is 1. The first-order valence-corrected chi connectivity index (χ1v) is 12.8. The van der Waals surface area contributed by atoms with Gasteiger partial charge in [-0.15, -0.1) is 15.7 Å². The van der Waals surface area contributed by atoms with Crippen molar-refractivity contribution < 1.29 is 17.9 Å². The largest absolute Gasteiger partial charge is 0.457 e. The fourth-order valence-electron chi connectivity index (χ4n) is 4.30. The van der Waals surface area contributed by atoms with E-state index in [0.717, 1.165) is 10.4 Å². The summed E-state index contributed by atoms with van der Waals surface area (Å²) >= 11 is 1.44. The van der Waals surface area contributed by atoms with Crippen LogP contribution in [0.2, 0.25) is 0 Å². The number of nitrogens with zero attached hydrogens (tertiary/aromatic N) is 3. The van der Waals surface area contributed by atoms with Gasteiger partial charge in [0.15, 0.2) is 5.84 Å². The smallest absolute Gasteiger partial charge is 0.311 e. The third kappa shape index (κ3) is 3.84. The molecule has 5 rings (SSSR count). The molecule has 9 nitrogen and oxygen atoms in total. The Morgan fingerprint density at radius 1 is 1.30 bits per heavy atom. The summed E-state index contributed by atoms with van der Waals surface area (Å²) in [5, 5.41) is 0.572. The number of thiophene rings is 1. The zero-order chi connectivity index (χ0) is 23.3. The summed E-state index contributed by atoms with van der Waals surface area (Å²) in [4.78, 5) is 36.0. The van der Waals surface area contributed by atoms with E-state index in [4.69, 9.17) is 4.74 Å². The van der Waals surface area contributed by atoms with Crippen LogP contribution in [0.1, 0.15) is 34.7 Å². The molecule has 2 aromatic heterocycles. The molecule has 11 heteroatoms. The highest BCUT2D eigenvalue weighted by Crippen LogP contribution is 2.30. The Kier molecular flexibility index (Phi) is 5.32. The van der Waals surface area contributed by atoms with Gasteiger partial charge in [0.25, 0.3) is 15.6 Å². The number of H-pyrrole nitrogens is 1. The van der Waals surface area contributed by atoms with Crippen molar-refractivity contribution >= 4 is 43.4 Å². The monoisotopic (exact) mass is 486 g/mol. The number of amidine groups is 1. The fourth-order valence-corrected chi connectivity index (χ4v) is 6.58. The highest BCUT2D eigenvalue weighted by atomic mass is 32.2. The summed E-state index contributed by atoms with van der Waals surface area (Å²) in [7, 11) is -3.72. The van der Waals surface area contributed by atoms with Crippen molar-refractivity contribution in [2.45, 2.75) is 38.2 Å². The lowest BCUT2D eigenvalue weighted by Gasteiger charge is -2.32. The van der Waals surface area contributed by atoms with E-state index in [0.29, 0.717) is 53.4 Å². The van der Waals surface area contributed by atoms with Crippen LogP contribution < -0.4 is 5.56 Å². The number of rotatable bonds is 3. The van der Waals surface area contributed by atoms with Crippen molar-refractivity contribution in [1.82, 2.24) is 14.9 Å². The minimum atomic E-state index is -3.72. The van der Waals surface area contributed by atoms with Gasteiger partial charge in [-0.3, -0.25) is 9.59 Å². The molecule has 0 aliphatic carbocycles. The van der Waals surface area contributed by atoms with Gasteiger partial charge in [-0.05, 0) is 44.4 Å². The van der Waals surface area contributed by atoms with Crippen LogP contribution in [0.25, 0.3) is 10.2 Å². The summed E-state index contributed by atoms with van der Waals surface area (Å²) in [6.45, 7) is 4.61. The lowest BCUT2D eigenvalue weighted by Crippen LogP contribution is -2.42. The summed E-state index contributed by atoms with van der Waals surface area (Å²) < 4.78 is 34.2. The van der Waals surface area contributed by atoms with Crippen LogP contribution in [0.5, 0.6) is 0 Å². The van der Waals surface area contributed by atoms with E-state index in [9.17, 15) is 18.0 Å². The standard InChI is InChI=1S/C22H22N4O5S2/c1-12-13(2)32-21-18(12)20(27)23-17(24-21)11-31-22(28)14-6-5-9-26(10-14)19-15-7-3-4-8-16(15)33(29,30)25-19/h3-4,7-8,14H,5-6,9-11H2,1-2H3,(H,23,24,27). The zero-order valence-corrected chi connectivity index (χ0v) is 19.8. The molecule has 1 saturated heterocycles. The fraction of sp³-hybridized carbons (Fsp3) is 0.364. The molecule has 4 heterocycles. The summed E-state index contributed by atoms with van der Waals surface area (Å²) in [6.07, 6.45) is 1.33. The van der Waals surface area contributed by atoms with Crippen molar-refractivity contribution in [3.8, 4) is 0 Å². The molecule has 1 unspecified atom stereocenters. The van der Waals surface area contributed by atoms with E-state index in [1.165, 1.54) is 17.4 Å². The molecule has 2 aliphatic rings. The van der Waals surface area contributed by atoms with E-state index in [1.54, 1.807) is 18.2 Å². The van der Waals surface area contributed by atoms with E-state index in [1.807, 2.05) is 18.7 Å². The van der Waals surface area contributed by atoms with Crippen LogP contribution in [0.3, 0.4) is 0 Å². The third-order valence-electron chi connectivity index (χ3n) is 6.11. The van der Waals surface area contributed by atoms with Gasteiger partial charge in [-0.1, -0.05) is 12.1 Å². The van der Waals surface area contributed by atoms with Crippen molar-refractivity contribution in [2.24, 2.45) is 10.3 Å². The predicted molar refractivity (Wildman–Crippen MR) is 124 cm³/mol. The Hall–Kier alpha value is -3.05. The maximum absolute atomic E-state index is 12.8. The number of hydrogen-bond acceptors (Lipinski definition) is 8. The van der Waals surface area contributed by atoms with E-state index < -0.39 is 21.9 Å². The van der Waals surface area contributed by atoms with E-state index in [2.05, 4.69) is 14.4 Å². The van der Waals surface area contributed by atoms with Gasteiger partial charge in [0.05, 0.1) is 11.3 Å². The van der Waals surface area contributed by atoms with Crippen molar-refractivity contribution in [3.63, 3.8) is 0 Å². The Morgan fingerprint density at radius 3 is 2.91 bits per heavy atom. The molecule has 0 saturated carbocycles. The van der Waals surface area contributed by atoms with Crippen LogP contribution in [0, 0.1) is 19.8 Å². The lowest BCUT2D eigenvalue weighted by molar-refractivity contribution is -0.151. The molecule has 0 spiro atoms. The van der Waals surface area contributed by atoms with Gasteiger partial charge in [-0.25, -0.2) is 4.98 Å². The molecule has 0 bridgehead atoms. The summed E-state index contributed by atoms with van der Waals surface area (Å²) in [5.74, 6) is -0.160. The molecular weight excluding hydrogens is 464 g/mol. The quantitative estimate of drug-likeness (QED) is 0.565. The highest BCUT2D eigenvalue weighted by Gasteiger charge is 2.35. The number of likely N-dealkylation sites (tertiary alicyclic amines) is 1. The SMILES string of the molecule is Cc1sc2nc(COC(=O)C3CCCN(C4=NS(=O)(=O)c5ccccc54)C3)[nH]c(=O)c2c1C. The Bertz CT molecular complexity index is 1470. The second kappa shape index (κ2) is 8.07. The molecule has 1 atom stereocenters. The summed E-state index contributed by atoms with van der Waals surface area (Å²) in [5.41, 5.74) is 1.23. The van der Waals surface area contributed by atoms with E-state index >= 15 is 0 Å². The van der Waals surface area contributed by atoms with Gasteiger partial charge in [0, 0.05) is 23.5 Å². The number of sulfonamides is 1. The molecule has 33 heavy (non-hydrogen) atoms. The third-order valence-corrected chi connectivity index (χ3v) is 8.53. The number of aromatic amines is 1. The zero-order valence-electron chi connectivity index (χ0n) is 18.1. The molecule has 1 aromatic carbocycles. The van der Waals surface area contributed by atoms with Crippen LogP contribution in [0.4, 0.5) is 0 Å². The van der Waals surface area contributed by atoms with Gasteiger partial charge >= 0.3 is 5.97 Å². The highest BCUT2D eigenvalue weighted by molar-refractivity contribution is 7.90. The number of benzene rings is 1. The second-order valence-corrected chi connectivity index (χ2v) is 11.0. The molecule has 0 radical (unpaired) electrons. The Morgan fingerprint density at radius 2 is 2.09 bits per heavy atom. The number of aromatic nitrogens is 2. The molecule has 1 fully saturated rings. The maximum atomic E-state index is 12.8. The average molecular weight is 487 g/mol. The first-order chi connectivity index (χ1) is 15.7. The lowest BCUT2D eigenvalue weighted by atomic mass is 9.97. The molecule has 1 N–H and O–H groups in total. The van der Waals surface area contributed by atoms with Crippen LogP contribution in [-0.4, -0.2) is 48.2 Å². The second-order valence-electron chi connectivity index (χ2n) is 8.26. The number of piperidine rings is 1. The molecular formula is C22H22N4O5S2. The first kappa shape index (κ1) is 21.8. The van der Waals surface area contributed by atoms with Crippen molar-refractivity contribution in [2.75, 3.05) is 13.1 Å². The summed E-state index contributed by atoms with van der Waals surface area (Å²) in [6, 6.07) is 6.71. The topological polar surface area (TPSA) is 122 Å². The molecule has 172 valence electrons. The number of fused-ring (bicyclic) bond motifs is 2. The predicted octanol–water partition coefficient (Wildman–Crippen LogP) is 2.51. The first-order valence-electron chi connectivity index (χ1n) is 10.6. The number of aryl methyl sites for hydroxylation is 2. The Balaban J connectivity index is 1.30. The number of nitrogens with one attached hydrogen (secondary N) is 1. The van der Waals surface area contributed by atoms with E-state index in [-0.39, 0.29) is 17.1 Å². The average Bonchev–Trinajstić information content (AvgIpc) is 3.25. The minimum absolute atomic E-state index is 0.130. The van der Waals surface area contributed by atoms with Crippen LogP contribution in [-0.2, 0) is 26.2 Å². The number of ether oxygens (including phenoxy) is 1. The maximum Gasteiger partial charge on any atom is 0.311 e. The van der Waals surface area contributed by atoms with Gasteiger partial charge in [0.2, 0.25) is 0 Å². The van der Waals surface area contributed by atoms with Crippen molar-refractivity contribution in [3.05, 3.63) is 56.4 Å². The number of carbonyl (C=O) groups excluding carboxylic acids is 1. The molecule has 3 aromatic rings. The van der Waals surface area contributed by atoms with Crippen LogP contribution in [0.15, 0.2) is 38.4 Å². The minimum Gasteiger partial charge on any atom is -0.457 e. The molecule has 0 amide bonds. The van der Waals surface area contributed by atoms with Crippen molar-refractivity contribution in [1.29, 1.82) is 0 Å². The van der Waals surface area contributed by atoms with Gasteiger partial charge in [0.1, 0.15) is 22.2 Å². The van der Waals surface area contributed by atoms with Crippen LogP contribution >= 0.6 is 11.3 Å².